The molecule has 6 nitrogen and oxygen atoms in total. The molecule has 0 fully saturated rings. The maximum Gasteiger partial charge on any atom is 0.417 e. The number of amides is 1. The lowest BCUT2D eigenvalue weighted by molar-refractivity contribution is -0.137. The van der Waals surface area contributed by atoms with Gasteiger partial charge >= 0.3 is 6.18 Å². The lowest BCUT2D eigenvalue weighted by Gasteiger charge is -2.18. The number of benzene rings is 3. The molecule has 1 atom stereocenters. The van der Waals surface area contributed by atoms with Crippen molar-refractivity contribution in [3.05, 3.63) is 82.4 Å². The smallest absolute Gasteiger partial charge is 0.417 e. The summed E-state index contributed by atoms with van der Waals surface area (Å²) >= 11 is 5.58. The van der Waals surface area contributed by atoms with Crippen LogP contribution in [0.15, 0.2) is 65.6 Å². The Morgan fingerprint density at radius 2 is 1.61 bits per heavy atom. The number of ether oxygens (including phenoxy) is 1. The quantitative estimate of drug-likeness (QED) is 0.338. The van der Waals surface area contributed by atoms with Crippen molar-refractivity contribution in [1.82, 2.24) is 0 Å². The third kappa shape index (κ3) is 6.70. The maximum atomic E-state index is 13.1. The Kier molecular flexibility index (Phi) is 8.20. The molecule has 0 aliphatic rings. The molecule has 0 spiro atoms. The lowest BCUT2D eigenvalue weighted by atomic mass is 10.1. The molecule has 3 rings (SSSR count). The Balaban J connectivity index is 1.70. The normalized spacial score (nSPS) is 12.6. The number of halogens is 4. The third-order valence-corrected chi connectivity index (χ3v) is 7.10. The van der Waals surface area contributed by atoms with Gasteiger partial charge in [-0.25, -0.2) is 8.42 Å². The molecule has 1 amide bonds. The minimum Gasteiger partial charge on any atom is -0.481 e. The Morgan fingerprint density at radius 1 is 0.972 bits per heavy atom. The van der Waals surface area contributed by atoms with Gasteiger partial charge in [0.05, 0.1) is 15.5 Å². The van der Waals surface area contributed by atoms with E-state index in [1.54, 1.807) is 13.0 Å². The molecular formula is C25H24ClF3N2O4S. The molecule has 0 radical (unpaired) electrons. The zero-order valence-electron chi connectivity index (χ0n) is 19.6. The van der Waals surface area contributed by atoms with E-state index in [1.807, 2.05) is 26.0 Å². The first-order valence-corrected chi connectivity index (χ1v) is 12.7. The van der Waals surface area contributed by atoms with E-state index in [-0.39, 0.29) is 10.6 Å². The van der Waals surface area contributed by atoms with Crippen LogP contribution in [-0.4, -0.2) is 20.4 Å². The van der Waals surface area contributed by atoms with Crippen LogP contribution in [0.1, 0.15) is 30.0 Å². The molecule has 0 aliphatic heterocycles. The second kappa shape index (κ2) is 10.8. The largest absolute Gasteiger partial charge is 0.481 e. The van der Waals surface area contributed by atoms with E-state index < -0.39 is 38.8 Å². The second-order valence-electron chi connectivity index (χ2n) is 8.07. The highest BCUT2D eigenvalue weighted by Crippen LogP contribution is 2.36. The van der Waals surface area contributed by atoms with E-state index in [4.69, 9.17) is 16.3 Å². The Bertz CT molecular complexity index is 1360. The van der Waals surface area contributed by atoms with E-state index in [0.29, 0.717) is 23.9 Å². The molecule has 192 valence electrons. The van der Waals surface area contributed by atoms with Gasteiger partial charge in [0.25, 0.3) is 15.9 Å². The highest BCUT2D eigenvalue weighted by molar-refractivity contribution is 7.92. The molecule has 36 heavy (non-hydrogen) atoms. The fourth-order valence-electron chi connectivity index (χ4n) is 3.23. The summed E-state index contributed by atoms with van der Waals surface area (Å²) in [5, 5.41) is 2.13. The molecule has 3 aromatic rings. The summed E-state index contributed by atoms with van der Waals surface area (Å²) in [6.45, 7) is 5.71. The van der Waals surface area contributed by atoms with Crippen LogP contribution in [0.4, 0.5) is 24.5 Å². The average Bonchev–Trinajstić information content (AvgIpc) is 2.80. The standard InChI is InChI=1S/C25H24ClF3N2O4S/c1-4-23(35-19-9-5-15(2)16(3)13-19)24(32)30-17-6-10-20(11-7-17)36(33,34)31-18-8-12-22(26)21(14-18)25(27,28)29/h5-14,23,31H,4H2,1-3H3,(H,30,32)/t23-/m0/s1. The van der Waals surface area contributed by atoms with E-state index >= 15 is 0 Å². The summed E-state index contributed by atoms with van der Waals surface area (Å²) in [6, 6.07) is 13.4. The molecule has 0 aromatic heterocycles. The number of aryl methyl sites for hydroxylation is 2. The van der Waals surface area contributed by atoms with Crippen LogP contribution in [0.2, 0.25) is 5.02 Å². The fourth-order valence-corrected chi connectivity index (χ4v) is 4.51. The number of anilines is 2. The van der Waals surface area contributed by atoms with Gasteiger partial charge in [0, 0.05) is 11.4 Å². The molecule has 0 bridgehead atoms. The number of carbonyl (C=O) groups is 1. The number of hydrogen-bond acceptors (Lipinski definition) is 4. The summed E-state index contributed by atoms with van der Waals surface area (Å²) in [7, 11) is -4.20. The minimum atomic E-state index is -4.74. The zero-order chi connectivity index (χ0) is 26.7. The molecule has 0 unspecified atom stereocenters. The van der Waals surface area contributed by atoms with Gasteiger partial charge in [0.15, 0.2) is 6.10 Å². The Hall–Kier alpha value is -3.24. The molecule has 0 saturated carbocycles. The van der Waals surface area contributed by atoms with Gasteiger partial charge < -0.3 is 10.1 Å². The summed E-state index contributed by atoms with van der Waals surface area (Å²) in [6.07, 6.45) is -5.11. The first-order valence-electron chi connectivity index (χ1n) is 10.8. The average molecular weight is 541 g/mol. The monoisotopic (exact) mass is 540 g/mol. The number of hydrogen-bond donors (Lipinski definition) is 2. The van der Waals surface area contributed by atoms with E-state index in [9.17, 15) is 26.4 Å². The number of alkyl halides is 3. The van der Waals surface area contributed by atoms with E-state index in [1.165, 1.54) is 24.3 Å². The van der Waals surface area contributed by atoms with Crippen LogP contribution in [0.3, 0.4) is 0 Å². The Labute approximate surface area is 212 Å². The van der Waals surface area contributed by atoms with E-state index in [2.05, 4.69) is 10.0 Å². The van der Waals surface area contributed by atoms with Gasteiger partial charge in [-0.2, -0.15) is 13.2 Å². The molecule has 0 saturated heterocycles. The Morgan fingerprint density at radius 3 is 2.19 bits per heavy atom. The molecule has 2 N–H and O–H groups in total. The fraction of sp³-hybridized carbons (Fsp3) is 0.240. The van der Waals surface area contributed by atoms with E-state index in [0.717, 1.165) is 23.3 Å². The number of carbonyl (C=O) groups excluding carboxylic acids is 1. The topological polar surface area (TPSA) is 84.5 Å². The van der Waals surface area contributed by atoms with Gasteiger partial charge in [-0.1, -0.05) is 24.6 Å². The highest BCUT2D eigenvalue weighted by atomic mass is 35.5. The van der Waals surface area contributed by atoms with Gasteiger partial charge in [0.1, 0.15) is 5.75 Å². The van der Waals surface area contributed by atoms with Gasteiger partial charge in [-0.05, 0) is 86.0 Å². The van der Waals surface area contributed by atoms with Crippen LogP contribution in [0.5, 0.6) is 5.75 Å². The first-order chi connectivity index (χ1) is 16.8. The zero-order valence-corrected chi connectivity index (χ0v) is 21.2. The third-order valence-electron chi connectivity index (χ3n) is 5.38. The lowest BCUT2D eigenvalue weighted by Crippen LogP contribution is -2.32. The molecule has 0 heterocycles. The van der Waals surface area contributed by atoms with Gasteiger partial charge in [-0.15, -0.1) is 0 Å². The van der Waals surface area contributed by atoms with Crippen molar-refractivity contribution >= 4 is 38.9 Å². The molecule has 3 aromatic carbocycles. The van der Waals surface area contributed by atoms with Crippen LogP contribution < -0.4 is 14.8 Å². The number of sulfonamides is 1. The second-order valence-corrected chi connectivity index (χ2v) is 10.2. The predicted molar refractivity (Wildman–Crippen MR) is 133 cm³/mol. The van der Waals surface area contributed by atoms with Crippen LogP contribution in [0, 0.1) is 13.8 Å². The molecule has 0 aliphatic carbocycles. The SMILES string of the molecule is CC[C@H](Oc1ccc(C)c(C)c1)C(=O)Nc1ccc(S(=O)(=O)Nc2ccc(Cl)c(C(F)(F)F)c2)cc1. The van der Waals surface area contributed by atoms with Crippen molar-refractivity contribution in [1.29, 1.82) is 0 Å². The van der Waals surface area contributed by atoms with Crippen LogP contribution >= 0.6 is 11.6 Å². The van der Waals surface area contributed by atoms with Crippen molar-refractivity contribution in [3.63, 3.8) is 0 Å². The summed E-state index contributed by atoms with van der Waals surface area (Å²) < 4.78 is 72.4. The van der Waals surface area contributed by atoms with Crippen molar-refractivity contribution < 1.29 is 31.1 Å². The molecule has 11 heteroatoms. The predicted octanol–water partition coefficient (Wildman–Crippen LogP) is 6.57. The summed E-state index contributed by atoms with van der Waals surface area (Å²) in [5.74, 6) is 0.147. The first kappa shape index (κ1) is 27.3. The molecular weight excluding hydrogens is 517 g/mol. The van der Waals surface area contributed by atoms with Crippen molar-refractivity contribution in [3.8, 4) is 5.75 Å². The number of rotatable bonds is 8. The minimum absolute atomic E-state index is 0.206. The van der Waals surface area contributed by atoms with Crippen LogP contribution in [0.25, 0.3) is 0 Å². The summed E-state index contributed by atoms with van der Waals surface area (Å²) in [5.41, 5.74) is 1.00. The van der Waals surface area contributed by atoms with Crippen molar-refractivity contribution in [2.45, 2.75) is 44.4 Å². The number of nitrogens with one attached hydrogen (secondary N) is 2. The van der Waals surface area contributed by atoms with Crippen LogP contribution in [-0.2, 0) is 21.0 Å². The van der Waals surface area contributed by atoms with Gasteiger partial charge in [-0.3, -0.25) is 9.52 Å². The maximum absolute atomic E-state index is 13.1. The van der Waals surface area contributed by atoms with Crippen molar-refractivity contribution in [2.75, 3.05) is 10.0 Å². The van der Waals surface area contributed by atoms with Gasteiger partial charge in [0.2, 0.25) is 0 Å². The summed E-state index contributed by atoms with van der Waals surface area (Å²) in [4.78, 5) is 12.5. The highest BCUT2D eigenvalue weighted by Gasteiger charge is 2.33. The van der Waals surface area contributed by atoms with Crippen molar-refractivity contribution in [2.24, 2.45) is 0 Å².